The van der Waals surface area contributed by atoms with Crippen molar-refractivity contribution in [3.05, 3.63) is 23.8 Å². The van der Waals surface area contributed by atoms with E-state index in [0.29, 0.717) is 24.3 Å². The maximum Gasteiger partial charge on any atom is 0.268 e. The Labute approximate surface area is 132 Å². The molecule has 1 aliphatic heterocycles. The maximum atomic E-state index is 12.6. The van der Waals surface area contributed by atoms with E-state index in [-0.39, 0.29) is 17.6 Å². The number of rotatable bonds is 6. The molecule has 1 aromatic carbocycles. The number of ketones is 1. The highest BCUT2D eigenvalue weighted by Gasteiger charge is 2.36. The molecular weight excluding hydrogens is 278 g/mol. The molecule has 0 aliphatic carbocycles. The van der Waals surface area contributed by atoms with E-state index >= 15 is 0 Å². The van der Waals surface area contributed by atoms with E-state index in [9.17, 15) is 9.59 Å². The Hall–Kier alpha value is -1.84. The van der Waals surface area contributed by atoms with Crippen molar-refractivity contribution in [2.75, 3.05) is 11.4 Å². The van der Waals surface area contributed by atoms with Gasteiger partial charge in [-0.3, -0.25) is 9.59 Å². The van der Waals surface area contributed by atoms with Crippen LogP contribution in [0.15, 0.2) is 18.2 Å². The Morgan fingerprint density at radius 1 is 1.27 bits per heavy atom. The van der Waals surface area contributed by atoms with Crippen molar-refractivity contribution in [2.24, 2.45) is 5.92 Å². The highest BCUT2D eigenvalue weighted by Crippen LogP contribution is 2.36. The van der Waals surface area contributed by atoms with Gasteiger partial charge in [0, 0.05) is 18.5 Å². The van der Waals surface area contributed by atoms with Gasteiger partial charge in [-0.15, -0.1) is 0 Å². The summed E-state index contributed by atoms with van der Waals surface area (Å²) in [7, 11) is 0. The third-order valence-corrected chi connectivity index (χ3v) is 3.86. The van der Waals surface area contributed by atoms with E-state index in [2.05, 4.69) is 0 Å². The minimum atomic E-state index is -0.448. The topological polar surface area (TPSA) is 46.6 Å². The van der Waals surface area contributed by atoms with E-state index in [0.717, 1.165) is 18.5 Å². The zero-order valence-corrected chi connectivity index (χ0v) is 13.9. The summed E-state index contributed by atoms with van der Waals surface area (Å²) in [6.45, 7) is 8.63. The third-order valence-electron chi connectivity index (χ3n) is 3.86. The molecule has 1 heterocycles. The van der Waals surface area contributed by atoms with E-state index < -0.39 is 6.10 Å². The van der Waals surface area contributed by atoms with Gasteiger partial charge in [0.25, 0.3) is 5.91 Å². The smallest absolute Gasteiger partial charge is 0.268 e. The van der Waals surface area contributed by atoms with Crippen LogP contribution in [-0.2, 0) is 4.79 Å². The molecule has 0 aromatic heterocycles. The highest BCUT2D eigenvalue weighted by molar-refractivity contribution is 6.03. The number of carbonyl (C=O) groups is 2. The molecular formula is C18H25NO3. The van der Waals surface area contributed by atoms with Crippen molar-refractivity contribution in [1.29, 1.82) is 0 Å². The van der Waals surface area contributed by atoms with Crippen LogP contribution in [0.1, 0.15) is 57.3 Å². The van der Waals surface area contributed by atoms with Crippen LogP contribution in [0.25, 0.3) is 0 Å². The largest absolute Gasteiger partial charge is 0.478 e. The number of hydrogen-bond acceptors (Lipinski definition) is 3. The Morgan fingerprint density at radius 2 is 2.00 bits per heavy atom. The molecule has 1 aliphatic rings. The van der Waals surface area contributed by atoms with E-state index in [1.165, 1.54) is 0 Å². The minimum Gasteiger partial charge on any atom is -0.478 e. The second-order valence-electron chi connectivity index (χ2n) is 6.13. The SMILES string of the molecule is CCCC(=O)c1ccc2c(c1)N(CCC)C(=O)C(C(C)C)O2. The lowest BCUT2D eigenvalue weighted by Gasteiger charge is -2.36. The van der Waals surface area contributed by atoms with Crippen molar-refractivity contribution < 1.29 is 14.3 Å². The summed E-state index contributed by atoms with van der Waals surface area (Å²) in [5.74, 6) is 0.908. The van der Waals surface area contributed by atoms with Gasteiger partial charge in [0.15, 0.2) is 11.9 Å². The standard InChI is InChI=1S/C18H25NO3/c1-5-7-15(20)13-8-9-16-14(11-13)19(10-6-2)18(21)17(22-16)12(3)4/h8-9,11-12,17H,5-7,10H2,1-4H3. The summed E-state index contributed by atoms with van der Waals surface area (Å²) in [5, 5.41) is 0. The molecule has 1 unspecified atom stereocenters. The predicted molar refractivity (Wildman–Crippen MR) is 87.6 cm³/mol. The normalized spacial score (nSPS) is 17.4. The lowest BCUT2D eigenvalue weighted by Crippen LogP contribution is -2.48. The van der Waals surface area contributed by atoms with Gasteiger partial charge in [0.1, 0.15) is 5.75 Å². The molecule has 120 valence electrons. The molecule has 4 heteroatoms. The molecule has 0 fully saturated rings. The summed E-state index contributed by atoms with van der Waals surface area (Å²) in [6, 6.07) is 5.42. The lowest BCUT2D eigenvalue weighted by atomic mass is 10.0. The Bertz CT molecular complexity index is 565. The molecule has 4 nitrogen and oxygen atoms in total. The summed E-state index contributed by atoms with van der Waals surface area (Å²) in [6.07, 6.45) is 1.76. The van der Waals surface area contributed by atoms with E-state index in [1.807, 2.05) is 33.8 Å². The average Bonchev–Trinajstić information content (AvgIpc) is 2.49. The molecule has 1 aromatic rings. The number of nitrogens with zero attached hydrogens (tertiary/aromatic N) is 1. The second kappa shape index (κ2) is 6.95. The third kappa shape index (κ3) is 3.16. The fourth-order valence-electron chi connectivity index (χ4n) is 2.71. The average molecular weight is 303 g/mol. The monoisotopic (exact) mass is 303 g/mol. The predicted octanol–water partition coefficient (Wildman–Crippen LogP) is 3.83. The number of hydrogen-bond donors (Lipinski definition) is 0. The van der Waals surface area contributed by atoms with Gasteiger partial charge in [0.2, 0.25) is 0 Å². The van der Waals surface area contributed by atoms with Gasteiger partial charge < -0.3 is 9.64 Å². The Kier molecular flexibility index (Phi) is 5.22. The van der Waals surface area contributed by atoms with Gasteiger partial charge in [-0.25, -0.2) is 0 Å². The summed E-state index contributed by atoms with van der Waals surface area (Å²) in [4.78, 5) is 26.5. The molecule has 22 heavy (non-hydrogen) atoms. The minimum absolute atomic E-state index is 0.00978. The van der Waals surface area contributed by atoms with Crippen LogP contribution in [0.3, 0.4) is 0 Å². The van der Waals surface area contributed by atoms with Crippen molar-refractivity contribution in [1.82, 2.24) is 0 Å². The number of amides is 1. The van der Waals surface area contributed by atoms with Crippen LogP contribution in [0.5, 0.6) is 5.75 Å². The van der Waals surface area contributed by atoms with Gasteiger partial charge in [0.05, 0.1) is 5.69 Å². The summed E-state index contributed by atoms with van der Waals surface area (Å²) >= 11 is 0. The fraction of sp³-hybridized carbons (Fsp3) is 0.556. The maximum absolute atomic E-state index is 12.6. The van der Waals surface area contributed by atoms with Crippen LogP contribution < -0.4 is 9.64 Å². The Balaban J connectivity index is 2.41. The molecule has 1 amide bonds. The fourth-order valence-corrected chi connectivity index (χ4v) is 2.71. The summed E-state index contributed by atoms with van der Waals surface area (Å²) in [5.41, 5.74) is 1.38. The van der Waals surface area contributed by atoms with Gasteiger partial charge in [-0.2, -0.15) is 0 Å². The van der Waals surface area contributed by atoms with Gasteiger partial charge in [-0.05, 0) is 37.0 Å². The molecule has 2 rings (SSSR count). The van der Waals surface area contributed by atoms with Crippen LogP contribution in [0, 0.1) is 5.92 Å². The number of anilines is 1. The number of carbonyl (C=O) groups excluding carboxylic acids is 2. The van der Waals surface area contributed by atoms with Gasteiger partial charge in [-0.1, -0.05) is 27.7 Å². The first-order chi connectivity index (χ1) is 10.5. The van der Waals surface area contributed by atoms with Crippen molar-refractivity contribution in [2.45, 2.75) is 53.1 Å². The molecule has 0 radical (unpaired) electrons. The first-order valence-corrected chi connectivity index (χ1v) is 8.14. The van der Waals surface area contributed by atoms with Crippen molar-refractivity contribution in [3.63, 3.8) is 0 Å². The molecule has 0 spiro atoms. The van der Waals surface area contributed by atoms with E-state index in [4.69, 9.17) is 4.74 Å². The first-order valence-electron chi connectivity index (χ1n) is 8.14. The van der Waals surface area contributed by atoms with Crippen LogP contribution in [-0.4, -0.2) is 24.3 Å². The van der Waals surface area contributed by atoms with Crippen LogP contribution >= 0.6 is 0 Å². The Morgan fingerprint density at radius 3 is 2.59 bits per heavy atom. The van der Waals surface area contributed by atoms with Crippen molar-refractivity contribution in [3.8, 4) is 5.75 Å². The number of benzene rings is 1. The quantitative estimate of drug-likeness (QED) is 0.750. The van der Waals surface area contributed by atoms with Gasteiger partial charge >= 0.3 is 0 Å². The zero-order chi connectivity index (χ0) is 16.3. The zero-order valence-electron chi connectivity index (χ0n) is 13.9. The number of ether oxygens (including phenoxy) is 1. The van der Waals surface area contributed by atoms with E-state index in [1.54, 1.807) is 17.0 Å². The summed E-state index contributed by atoms with van der Waals surface area (Å²) < 4.78 is 5.87. The van der Waals surface area contributed by atoms with Crippen LogP contribution in [0.2, 0.25) is 0 Å². The molecule has 0 saturated carbocycles. The number of Topliss-reactive ketones (excluding diaryl/α,β-unsaturated/α-hetero) is 1. The van der Waals surface area contributed by atoms with Crippen molar-refractivity contribution >= 4 is 17.4 Å². The van der Waals surface area contributed by atoms with Crippen LogP contribution in [0.4, 0.5) is 5.69 Å². The first kappa shape index (κ1) is 16.5. The number of fused-ring (bicyclic) bond motifs is 1. The molecule has 0 bridgehead atoms. The lowest BCUT2D eigenvalue weighted by molar-refractivity contribution is -0.128. The molecule has 1 atom stereocenters. The second-order valence-corrected chi connectivity index (χ2v) is 6.13. The highest BCUT2D eigenvalue weighted by atomic mass is 16.5. The molecule has 0 N–H and O–H groups in total. The molecule has 0 saturated heterocycles.